The molecule has 0 amide bonds. The summed E-state index contributed by atoms with van der Waals surface area (Å²) in [5.41, 5.74) is 10.8. The van der Waals surface area contributed by atoms with Crippen LogP contribution in [0.3, 0.4) is 0 Å². The van der Waals surface area contributed by atoms with E-state index in [9.17, 15) is 4.79 Å². The van der Waals surface area contributed by atoms with Crippen molar-refractivity contribution in [3.63, 3.8) is 0 Å². The highest BCUT2D eigenvalue weighted by atomic mass is 16.5. The summed E-state index contributed by atoms with van der Waals surface area (Å²) in [5.74, 6) is -0.114. The molecule has 6 nitrogen and oxygen atoms in total. The highest BCUT2D eigenvalue weighted by molar-refractivity contribution is 5.87. The van der Waals surface area contributed by atoms with Gasteiger partial charge in [-0.05, 0) is 67.5 Å². The Labute approximate surface area is 163 Å². The molecule has 1 aliphatic rings. The van der Waals surface area contributed by atoms with Crippen molar-refractivity contribution in [1.29, 1.82) is 0 Å². The summed E-state index contributed by atoms with van der Waals surface area (Å²) >= 11 is 0. The number of anilines is 1. The first-order valence-electron chi connectivity index (χ1n) is 9.74. The molecule has 2 aromatic carbocycles. The highest BCUT2D eigenvalue weighted by Crippen LogP contribution is 2.40. The number of nitrogens with zero attached hydrogens (tertiary/aromatic N) is 2. The quantitative estimate of drug-likeness (QED) is 0.628. The van der Waals surface area contributed by atoms with Gasteiger partial charge in [0.1, 0.15) is 5.75 Å². The molecule has 0 aliphatic heterocycles. The average molecular weight is 379 g/mol. The second-order valence-corrected chi connectivity index (χ2v) is 7.52. The number of nitrogen functional groups attached to an aromatic ring is 1. The van der Waals surface area contributed by atoms with Crippen LogP contribution in [0.5, 0.6) is 5.75 Å². The molecular formula is C22H25N3O3. The predicted octanol–water partition coefficient (Wildman–Crippen LogP) is 4.16. The van der Waals surface area contributed by atoms with Crippen LogP contribution in [0.1, 0.15) is 37.7 Å². The minimum atomic E-state index is -0.816. The van der Waals surface area contributed by atoms with Crippen LogP contribution in [0.2, 0.25) is 0 Å². The Kier molecular flexibility index (Phi) is 4.94. The fourth-order valence-corrected chi connectivity index (χ4v) is 3.96. The lowest BCUT2D eigenvalue weighted by molar-refractivity contribution is -0.136. The standard InChI is InChI=1S/C22H25N3O3/c1-25-20-8-7-15(12-16(20)13-24-25)18-10-14(6-9-21(26)27)11-19(23)22(18)28-17-4-2-3-5-17/h7-8,10-13,17H,2-6,9,23H2,1H3,(H,26,27). The van der Waals surface area contributed by atoms with Crippen molar-refractivity contribution in [2.75, 3.05) is 5.73 Å². The molecule has 1 heterocycles. The number of aryl methyl sites for hydroxylation is 2. The molecule has 1 saturated carbocycles. The zero-order valence-corrected chi connectivity index (χ0v) is 16.0. The van der Waals surface area contributed by atoms with Crippen molar-refractivity contribution in [1.82, 2.24) is 9.78 Å². The van der Waals surface area contributed by atoms with Crippen molar-refractivity contribution < 1.29 is 14.6 Å². The van der Waals surface area contributed by atoms with Crippen molar-refractivity contribution in [3.8, 4) is 16.9 Å². The van der Waals surface area contributed by atoms with E-state index in [1.807, 2.05) is 42.2 Å². The van der Waals surface area contributed by atoms with E-state index in [4.69, 9.17) is 15.6 Å². The van der Waals surface area contributed by atoms with E-state index in [1.165, 1.54) is 12.8 Å². The Balaban J connectivity index is 1.78. The Hall–Kier alpha value is -3.02. The zero-order valence-electron chi connectivity index (χ0n) is 16.0. The van der Waals surface area contributed by atoms with E-state index >= 15 is 0 Å². The molecule has 1 fully saturated rings. The van der Waals surface area contributed by atoms with Crippen LogP contribution in [0.25, 0.3) is 22.0 Å². The average Bonchev–Trinajstić information content (AvgIpc) is 3.31. The van der Waals surface area contributed by atoms with Gasteiger partial charge in [0.25, 0.3) is 0 Å². The van der Waals surface area contributed by atoms with E-state index in [0.29, 0.717) is 17.9 Å². The largest absolute Gasteiger partial charge is 0.488 e. The summed E-state index contributed by atoms with van der Waals surface area (Å²) in [6.45, 7) is 0. The monoisotopic (exact) mass is 379 g/mol. The number of carbonyl (C=O) groups is 1. The lowest BCUT2D eigenvalue weighted by Gasteiger charge is -2.20. The number of hydrogen-bond donors (Lipinski definition) is 2. The lowest BCUT2D eigenvalue weighted by atomic mass is 9.97. The molecule has 0 radical (unpaired) electrons. The molecule has 0 unspecified atom stereocenters. The topological polar surface area (TPSA) is 90.4 Å². The predicted molar refractivity (Wildman–Crippen MR) is 109 cm³/mol. The maximum Gasteiger partial charge on any atom is 0.303 e. The Bertz CT molecular complexity index is 1020. The fourth-order valence-electron chi connectivity index (χ4n) is 3.96. The molecule has 0 bridgehead atoms. The minimum Gasteiger partial charge on any atom is -0.488 e. The van der Waals surface area contributed by atoms with Crippen molar-refractivity contribution in [2.24, 2.45) is 7.05 Å². The normalized spacial score (nSPS) is 14.6. The minimum absolute atomic E-state index is 0.0728. The number of ether oxygens (including phenoxy) is 1. The molecule has 146 valence electrons. The molecule has 0 saturated heterocycles. The van der Waals surface area contributed by atoms with Crippen molar-refractivity contribution in [2.45, 2.75) is 44.6 Å². The van der Waals surface area contributed by atoms with Crippen LogP contribution >= 0.6 is 0 Å². The van der Waals surface area contributed by atoms with Crippen molar-refractivity contribution in [3.05, 3.63) is 42.1 Å². The molecule has 0 atom stereocenters. The van der Waals surface area contributed by atoms with Crippen LogP contribution in [-0.2, 0) is 18.3 Å². The molecule has 1 aromatic heterocycles. The summed E-state index contributed by atoms with van der Waals surface area (Å²) < 4.78 is 8.17. The first kappa shape index (κ1) is 18.3. The first-order chi connectivity index (χ1) is 13.5. The maximum absolute atomic E-state index is 11.0. The summed E-state index contributed by atoms with van der Waals surface area (Å²) in [6, 6.07) is 10.0. The number of aliphatic carboxylic acids is 1. The maximum atomic E-state index is 11.0. The third-order valence-electron chi connectivity index (χ3n) is 5.45. The third-order valence-corrected chi connectivity index (χ3v) is 5.45. The zero-order chi connectivity index (χ0) is 19.7. The Morgan fingerprint density at radius 3 is 2.82 bits per heavy atom. The fraction of sp³-hybridized carbons (Fsp3) is 0.364. The van der Waals surface area contributed by atoms with Crippen LogP contribution in [-0.4, -0.2) is 27.0 Å². The summed E-state index contributed by atoms with van der Waals surface area (Å²) in [5, 5.41) is 14.4. The molecule has 0 spiro atoms. The number of rotatable bonds is 6. The van der Waals surface area contributed by atoms with Gasteiger partial charge in [0.05, 0.1) is 23.5 Å². The number of carboxylic acids is 1. The van der Waals surface area contributed by atoms with E-state index < -0.39 is 5.97 Å². The number of aromatic nitrogens is 2. The van der Waals surface area contributed by atoms with E-state index in [2.05, 4.69) is 11.2 Å². The number of fused-ring (bicyclic) bond motifs is 1. The number of benzene rings is 2. The summed E-state index contributed by atoms with van der Waals surface area (Å²) in [6.07, 6.45) is 6.98. The van der Waals surface area contributed by atoms with Gasteiger partial charge >= 0.3 is 5.97 Å². The second kappa shape index (κ2) is 7.54. The van der Waals surface area contributed by atoms with Gasteiger partial charge in [-0.15, -0.1) is 0 Å². The van der Waals surface area contributed by atoms with E-state index in [-0.39, 0.29) is 12.5 Å². The molecule has 28 heavy (non-hydrogen) atoms. The SMILES string of the molecule is Cn1ncc2cc(-c3cc(CCC(=O)O)cc(N)c3OC3CCCC3)ccc21. The van der Waals surface area contributed by atoms with Gasteiger partial charge in [-0.1, -0.05) is 6.07 Å². The molecule has 3 N–H and O–H groups in total. The van der Waals surface area contributed by atoms with Gasteiger partial charge in [-0.3, -0.25) is 9.48 Å². The number of nitrogens with two attached hydrogens (primary N) is 1. The van der Waals surface area contributed by atoms with Crippen LogP contribution < -0.4 is 10.5 Å². The van der Waals surface area contributed by atoms with Crippen LogP contribution in [0, 0.1) is 0 Å². The molecule has 6 heteroatoms. The van der Waals surface area contributed by atoms with Gasteiger partial charge < -0.3 is 15.6 Å². The molecular weight excluding hydrogens is 354 g/mol. The van der Waals surface area contributed by atoms with E-state index in [0.717, 1.165) is 40.4 Å². The molecule has 3 aromatic rings. The number of hydrogen-bond acceptors (Lipinski definition) is 4. The van der Waals surface area contributed by atoms with Gasteiger partial charge in [-0.25, -0.2) is 0 Å². The summed E-state index contributed by atoms with van der Waals surface area (Å²) in [4.78, 5) is 11.0. The van der Waals surface area contributed by atoms with E-state index in [1.54, 1.807) is 0 Å². The third kappa shape index (κ3) is 3.67. The van der Waals surface area contributed by atoms with Crippen LogP contribution in [0.15, 0.2) is 36.5 Å². The Morgan fingerprint density at radius 2 is 2.07 bits per heavy atom. The van der Waals surface area contributed by atoms with Gasteiger partial charge in [0.15, 0.2) is 0 Å². The van der Waals surface area contributed by atoms with Gasteiger partial charge in [0, 0.05) is 24.4 Å². The van der Waals surface area contributed by atoms with Crippen molar-refractivity contribution >= 4 is 22.6 Å². The number of carboxylic acid groups (broad SMARTS) is 1. The first-order valence-corrected chi connectivity index (χ1v) is 9.74. The molecule has 1 aliphatic carbocycles. The lowest BCUT2D eigenvalue weighted by Crippen LogP contribution is -2.13. The smallest absolute Gasteiger partial charge is 0.303 e. The molecule has 4 rings (SSSR count). The Morgan fingerprint density at radius 1 is 1.29 bits per heavy atom. The summed E-state index contributed by atoms with van der Waals surface area (Å²) in [7, 11) is 1.92. The van der Waals surface area contributed by atoms with Gasteiger partial charge in [0.2, 0.25) is 0 Å². The van der Waals surface area contributed by atoms with Crippen LogP contribution in [0.4, 0.5) is 5.69 Å². The highest BCUT2D eigenvalue weighted by Gasteiger charge is 2.21. The second-order valence-electron chi connectivity index (χ2n) is 7.52. The van der Waals surface area contributed by atoms with Gasteiger partial charge in [-0.2, -0.15) is 5.10 Å².